The van der Waals surface area contributed by atoms with Crippen LogP contribution in [0.2, 0.25) is 0 Å². The number of anilines is 1. The summed E-state index contributed by atoms with van der Waals surface area (Å²) in [6.45, 7) is 5.13. The lowest BCUT2D eigenvalue weighted by molar-refractivity contribution is -0.147. The molecule has 0 saturated carbocycles. The van der Waals surface area contributed by atoms with Gasteiger partial charge in [-0.2, -0.15) is 0 Å². The molecular formula is C25H28FNO6S. The van der Waals surface area contributed by atoms with Crippen molar-refractivity contribution in [2.45, 2.75) is 59.0 Å². The summed E-state index contributed by atoms with van der Waals surface area (Å²) >= 11 is 1.35. The number of halogens is 1. The first-order valence-electron chi connectivity index (χ1n) is 11.2. The zero-order chi connectivity index (χ0) is 24.8. The van der Waals surface area contributed by atoms with Crippen molar-refractivity contribution in [3.05, 3.63) is 51.7 Å². The van der Waals surface area contributed by atoms with E-state index in [0.717, 1.165) is 29.7 Å². The van der Waals surface area contributed by atoms with E-state index in [4.69, 9.17) is 9.47 Å². The number of fused-ring (bicyclic) bond motifs is 1. The van der Waals surface area contributed by atoms with Gasteiger partial charge >= 0.3 is 11.9 Å². The standard InChI is InChI=1S/C25H28FNO6S/c1-14(2)33-25(31)23-18-9-4-15(3)12-20(18)34-24(23)27-21(29)13-32-22(30)11-10-19(28)16-5-7-17(26)8-6-16/h5-8,14-15H,4,9-13H2,1-3H3,(H,27,29). The van der Waals surface area contributed by atoms with E-state index >= 15 is 0 Å². The van der Waals surface area contributed by atoms with Crippen LogP contribution in [-0.2, 0) is 31.9 Å². The number of thiophene rings is 1. The fraction of sp³-hybridized carbons (Fsp3) is 0.440. The fourth-order valence-electron chi connectivity index (χ4n) is 3.70. The first kappa shape index (κ1) is 25.6. The number of hydrogen-bond acceptors (Lipinski definition) is 7. The van der Waals surface area contributed by atoms with Gasteiger partial charge in [-0.3, -0.25) is 14.4 Å². The highest BCUT2D eigenvalue weighted by Crippen LogP contribution is 2.40. The summed E-state index contributed by atoms with van der Waals surface area (Å²) in [7, 11) is 0. The van der Waals surface area contributed by atoms with Crippen molar-refractivity contribution in [2.24, 2.45) is 5.92 Å². The van der Waals surface area contributed by atoms with Crippen LogP contribution in [-0.4, -0.2) is 36.3 Å². The molecule has 1 unspecified atom stereocenters. The summed E-state index contributed by atoms with van der Waals surface area (Å²) in [4.78, 5) is 50.3. The van der Waals surface area contributed by atoms with Crippen LogP contribution in [0.1, 0.15) is 71.2 Å². The summed E-state index contributed by atoms with van der Waals surface area (Å²) in [6.07, 6.45) is 1.89. The number of carbonyl (C=O) groups excluding carboxylic acids is 4. The molecule has 1 aromatic heterocycles. The molecule has 0 saturated heterocycles. The third kappa shape index (κ3) is 6.72. The van der Waals surface area contributed by atoms with Crippen molar-refractivity contribution >= 4 is 40.0 Å². The molecule has 3 rings (SSSR count). The minimum absolute atomic E-state index is 0.118. The van der Waals surface area contributed by atoms with Crippen LogP contribution in [0, 0.1) is 11.7 Å². The zero-order valence-electron chi connectivity index (χ0n) is 19.4. The Bertz CT molecular complexity index is 1080. The molecule has 1 aliphatic carbocycles. The average molecular weight is 490 g/mol. The zero-order valence-corrected chi connectivity index (χ0v) is 20.3. The number of amides is 1. The van der Waals surface area contributed by atoms with E-state index in [9.17, 15) is 23.6 Å². The minimum Gasteiger partial charge on any atom is -0.459 e. The number of ether oxygens (including phenoxy) is 2. The summed E-state index contributed by atoms with van der Waals surface area (Å²) in [6, 6.07) is 5.04. The Morgan fingerprint density at radius 1 is 1.15 bits per heavy atom. The highest BCUT2D eigenvalue weighted by atomic mass is 32.1. The third-order valence-corrected chi connectivity index (χ3v) is 6.57. The molecule has 34 heavy (non-hydrogen) atoms. The van der Waals surface area contributed by atoms with Gasteiger partial charge in [-0.15, -0.1) is 11.3 Å². The van der Waals surface area contributed by atoms with Crippen molar-refractivity contribution in [1.29, 1.82) is 0 Å². The minimum atomic E-state index is -0.704. The van der Waals surface area contributed by atoms with Gasteiger partial charge in [0, 0.05) is 16.9 Å². The molecular weight excluding hydrogens is 461 g/mol. The van der Waals surface area contributed by atoms with Crippen molar-refractivity contribution in [2.75, 3.05) is 11.9 Å². The van der Waals surface area contributed by atoms with Crippen LogP contribution in [0.5, 0.6) is 0 Å². The average Bonchev–Trinajstić information content (AvgIpc) is 3.12. The number of hydrogen-bond donors (Lipinski definition) is 1. The molecule has 1 heterocycles. The van der Waals surface area contributed by atoms with E-state index in [2.05, 4.69) is 12.2 Å². The maximum atomic E-state index is 13.0. The molecule has 2 aromatic rings. The molecule has 0 radical (unpaired) electrons. The quantitative estimate of drug-likeness (QED) is 0.404. The number of nitrogens with one attached hydrogen (secondary N) is 1. The summed E-state index contributed by atoms with van der Waals surface area (Å²) < 4.78 is 23.3. The van der Waals surface area contributed by atoms with Crippen LogP contribution in [0.4, 0.5) is 9.39 Å². The highest BCUT2D eigenvalue weighted by Gasteiger charge is 2.29. The van der Waals surface area contributed by atoms with Crippen molar-refractivity contribution in [3.63, 3.8) is 0 Å². The molecule has 0 fully saturated rings. The molecule has 1 aromatic carbocycles. The smallest absolute Gasteiger partial charge is 0.341 e. The number of Topliss-reactive ketones (excluding diaryl/α,β-unsaturated/α-hetero) is 1. The molecule has 7 nitrogen and oxygen atoms in total. The molecule has 1 amide bonds. The second kappa shape index (κ2) is 11.4. The molecule has 0 aliphatic heterocycles. The van der Waals surface area contributed by atoms with Gasteiger partial charge in [0.25, 0.3) is 5.91 Å². The van der Waals surface area contributed by atoms with E-state index in [1.807, 2.05) is 0 Å². The van der Waals surface area contributed by atoms with Gasteiger partial charge in [-0.1, -0.05) is 6.92 Å². The van der Waals surface area contributed by atoms with Crippen LogP contribution in [0.3, 0.4) is 0 Å². The first-order valence-corrected chi connectivity index (χ1v) is 12.1. The summed E-state index contributed by atoms with van der Waals surface area (Å²) in [5.41, 5.74) is 1.59. The van der Waals surface area contributed by atoms with Crippen LogP contribution in [0.25, 0.3) is 0 Å². The Kier molecular flexibility index (Phi) is 8.55. The molecule has 182 valence electrons. The molecule has 1 N–H and O–H groups in total. The number of benzene rings is 1. The fourth-order valence-corrected chi connectivity index (χ4v) is 5.12. The third-order valence-electron chi connectivity index (χ3n) is 5.40. The highest BCUT2D eigenvalue weighted by molar-refractivity contribution is 7.17. The SMILES string of the molecule is CC1CCc2c(sc(NC(=O)COC(=O)CCC(=O)c3ccc(F)cc3)c2C(=O)OC(C)C)C1. The van der Waals surface area contributed by atoms with Crippen molar-refractivity contribution in [1.82, 2.24) is 0 Å². The normalized spacial score (nSPS) is 14.9. The largest absolute Gasteiger partial charge is 0.459 e. The maximum absolute atomic E-state index is 13.0. The Hall–Kier alpha value is -3.07. The van der Waals surface area contributed by atoms with E-state index in [1.165, 1.54) is 35.6 Å². The molecule has 0 spiro atoms. The van der Waals surface area contributed by atoms with Gasteiger partial charge in [0.1, 0.15) is 10.8 Å². The summed E-state index contributed by atoms with van der Waals surface area (Å²) in [5.74, 6) is -2.06. The Morgan fingerprint density at radius 3 is 2.53 bits per heavy atom. The lowest BCUT2D eigenvalue weighted by Gasteiger charge is -2.18. The lowest BCUT2D eigenvalue weighted by atomic mass is 9.88. The monoisotopic (exact) mass is 489 g/mol. The number of rotatable bonds is 9. The van der Waals surface area contributed by atoms with Gasteiger partial charge in [-0.05, 0) is 68.9 Å². The maximum Gasteiger partial charge on any atom is 0.341 e. The van der Waals surface area contributed by atoms with Gasteiger partial charge in [-0.25, -0.2) is 9.18 Å². The van der Waals surface area contributed by atoms with Gasteiger partial charge < -0.3 is 14.8 Å². The second-order valence-corrected chi connectivity index (χ2v) is 9.75. The van der Waals surface area contributed by atoms with Crippen LogP contribution < -0.4 is 5.32 Å². The van der Waals surface area contributed by atoms with Gasteiger partial charge in [0.05, 0.1) is 18.1 Å². The Labute approximate surface area is 201 Å². The van der Waals surface area contributed by atoms with E-state index in [-0.39, 0.29) is 24.7 Å². The van der Waals surface area contributed by atoms with Crippen LogP contribution >= 0.6 is 11.3 Å². The predicted molar refractivity (Wildman–Crippen MR) is 126 cm³/mol. The Balaban J connectivity index is 1.56. The number of esters is 2. The van der Waals surface area contributed by atoms with E-state index in [0.29, 0.717) is 22.0 Å². The van der Waals surface area contributed by atoms with E-state index < -0.39 is 30.3 Å². The summed E-state index contributed by atoms with van der Waals surface area (Å²) in [5, 5.41) is 3.09. The predicted octanol–water partition coefficient (Wildman–Crippen LogP) is 4.72. The molecule has 1 aliphatic rings. The Morgan fingerprint density at radius 2 is 1.85 bits per heavy atom. The van der Waals surface area contributed by atoms with Crippen molar-refractivity contribution < 1.29 is 33.0 Å². The first-order chi connectivity index (χ1) is 16.1. The topological polar surface area (TPSA) is 98.8 Å². The van der Waals surface area contributed by atoms with Gasteiger partial charge in [0.15, 0.2) is 12.4 Å². The van der Waals surface area contributed by atoms with E-state index in [1.54, 1.807) is 13.8 Å². The van der Waals surface area contributed by atoms with Gasteiger partial charge in [0.2, 0.25) is 0 Å². The molecule has 1 atom stereocenters. The lowest BCUT2D eigenvalue weighted by Crippen LogP contribution is -2.22. The number of ketones is 1. The van der Waals surface area contributed by atoms with Crippen molar-refractivity contribution in [3.8, 4) is 0 Å². The second-order valence-electron chi connectivity index (χ2n) is 8.65. The molecule has 0 bridgehead atoms. The number of carbonyl (C=O) groups is 4. The van der Waals surface area contributed by atoms with Crippen LogP contribution in [0.15, 0.2) is 24.3 Å². The molecule has 9 heteroatoms.